The van der Waals surface area contributed by atoms with Gasteiger partial charge in [0.25, 0.3) is 0 Å². The number of carbonyl (C=O) groups excluding carboxylic acids is 1. The molecule has 0 aromatic carbocycles. The highest BCUT2D eigenvalue weighted by Gasteiger charge is 2.24. The number of hydrogen-bond acceptors (Lipinski definition) is 4. The first kappa shape index (κ1) is 16.2. The Labute approximate surface area is 140 Å². The van der Waals surface area contributed by atoms with Crippen molar-refractivity contribution in [1.29, 1.82) is 0 Å². The molecule has 3 heterocycles. The molecule has 0 spiro atoms. The summed E-state index contributed by atoms with van der Waals surface area (Å²) in [5.41, 5.74) is 0.819. The second-order valence-electron chi connectivity index (χ2n) is 5.87. The van der Waals surface area contributed by atoms with E-state index >= 15 is 0 Å². The van der Waals surface area contributed by atoms with Crippen LogP contribution in [0.4, 0.5) is 15.0 Å². The summed E-state index contributed by atoms with van der Waals surface area (Å²) in [6, 6.07) is 4.56. The van der Waals surface area contributed by atoms with Gasteiger partial charge in [-0.15, -0.1) is 0 Å². The Morgan fingerprint density at radius 1 is 1.29 bits per heavy atom. The van der Waals surface area contributed by atoms with Crippen LogP contribution >= 0.6 is 0 Å². The van der Waals surface area contributed by atoms with E-state index in [0.29, 0.717) is 32.0 Å². The molecule has 24 heavy (non-hydrogen) atoms. The number of piperazine rings is 1. The number of rotatable bonds is 3. The van der Waals surface area contributed by atoms with Gasteiger partial charge in [-0.05, 0) is 25.1 Å². The third-order valence-corrected chi connectivity index (χ3v) is 4.12. The molecule has 8 heteroatoms. The summed E-state index contributed by atoms with van der Waals surface area (Å²) in [6.45, 7) is 4.06. The van der Waals surface area contributed by atoms with Gasteiger partial charge in [-0.3, -0.25) is 4.68 Å². The van der Waals surface area contributed by atoms with Gasteiger partial charge in [0, 0.05) is 45.6 Å². The van der Waals surface area contributed by atoms with Crippen LogP contribution in [0, 0.1) is 5.82 Å². The molecule has 1 atom stereocenters. The summed E-state index contributed by atoms with van der Waals surface area (Å²) in [4.78, 5) is 20.0. The van der Waals surface area contributed by atoms with Crippen LogP contribution in [0.3, 0.4) is 0 Å². The van der Waals surface area contributed by atoms with E-state index in [1.54, 1.807) is 21.8 Å². The minimum atomic E-state index is -0.334. The van der Waals surface area contributed by atoms with Crippen LogP contribution in [0.5, 0.6) is 0 Å². The zero-order valence-corrected chi connectivity index (χ0v) is 13.8. The van der Waals surface area contributed by atoms with Gasteiger partial charge in [0.15, 0.2) is 11.6 Å². The molecule has 1 saturated heterocycles. The first-order chi connectivity index (χ1) is 11.5. The first-order valence-corrected chi connectivity index (χ1v) is 7.95. The quantitative estimate of drug-likeness (QED) is 0.926. The fourth-order valence-electron chi connectivity index (χ4n) is 2.75. The lowest BCUT2D eigenvalue weighted by molar-refractivity contribution is 0.190. The molecule has 2 aromatic heterocycles. The smallest absolute Gasteiger partial charge is 0.318 e. The number of nitrogens with one attached hydrogen (secondary N) is 1. The zero-order chi connectivity index (χ0) is 17.1. The Balaban J connectivity index is 1.54. The highest BCUT2D eigenvalue weighted by molar-refractivity contribution is 5.75. The highest BCUT2D eigenvalue weighted by Crippen LogP contribution is 2.17. The van der Waals surface area contributed by atoms with Crippen molar-refractivity contribution >= 4 is 11.8 Å². The standard InChI is InChI=1S/C16H21FN6O/c1-12(14-5-7-21(2)20-14)19-16(24)23-10-8-22(9-11-23)15-13(17)4-3-6-18-15/h3-7,12H,8-11H2,1-2H3,(H,19,24). The van der Waals surface area contributed by atoms with E-state index in [2.05, 4.69) is 15.4 Å². The maximum atomic E-state index is 13.8. The van der Waals surface area contributed by atoms with Crippen molar-refractivity contribution in [3.63, 3.8) is 0 Å². The Morgan fingerprint density at radius 3 is 2.67 bits per heavy atom. The lowest BCUT2D eigenvalue weighted by Crippen LogP contribution is -2.52. The van der Waals surface area contributed by atoms with E-state index in [0.717, 1.165) is 5.69 Å². The van der Waals surface area contributed by atoms with Crippen LogP contribution in [0.2, 0.25) is 0 Å². The molecule has 3 rings (SSSR count). The topological polar surface area (TPSA) is 66.3 Å². The van der Waals surface area contributed by atoms with Crippen LogP contribution in [-0.2, 0) is 7.05 Å². The molecule has 1 aliphatic rings. The Morgan fingerprint density at radius 2 is 2.04 bits per heavy atom. The number of urea groups is 1. The number of aromatic nitrogens is 3. The minimum absolute atomic E-state index is 0.130. The van der Waals surface area contributed by atoms with Crippen LogP contribution in [-0.4, -0.2) is 51.9 Å². The van der Waals surface area contributed by atoms with Crippen molar-refractivity contribution in [2.24, 2.45) is 7.05 Å². The lowest BCUT2D eigenvalue weighted by atomic mass is 10.2. The number of pyridine rings is 1. The van der Waals surface area contributed by atoms with Gasteiger partial charge in [-0.2, -0.15) is 5.10 Å². The molecule has 2 aromatic rings. The van der Waals surface area contributed by atoms with Gasteiger partial charge < -0.3 is 15.1 Å². The SMILES string of the molecule is CC(NC(=O)N1CCN(c2ncccc2F)CC1)c1ccn(C)n1. The molecule has 0 radical (unpaired) electrons. The van der Waals surface area contributed by atoms with Gasteiger partial charge in [-0.1, -0.05) is 0 Å². The second kappa shape index (κ2) is 6.86. The van der Waals surface area contributed by atoms with E-state index < -0.39 is 0 Å². The molecule has 1 unspecified atom stereocenters. The predicted molar refractivity (Wildman–Crippen MR) is 88.1 cm³/mol. The van der Waals surface area contributed by atoms with Crippen LogP contribution in [0.1, 0.15) is 18.7 Å². The van der Waals surface area contributed by atoms with E-state index in [9.17, 15) is 9.18 Å². The van der Waals surface area contributed by atoms with Crippen molar-refractivity contribution < 1.29 is 9.18 Å². The number of aryl methyl sites for hydroxylation is 1. The molecule has 128 valence electrons. The summed E-state index contributed by atoms with van der Waals surface area (Å²) < 4.78 is 15.5. The second-order valence-corrected chi connectivity index (χ2v) is 5.87. The van der Waals surface area contributed by atoms with Gasteiger partial charge in [0.2, 0.25) is 0 Å². The average molecular weight is 332 g/mol. The molecule has 1 N–H and O–H groups in total. The van der Waals surface area contributed by atoms with Gasteiger partial charge in [0.05, 0.1) is 11.7 Å². The number of nitrogens with zero attached hydrogens (tertiary/aromatic N) is 5. The summed E-state index contributed by atoms with van der Waals surface area (Å²) in [7, 11) is 1.84. The molecule has 0 saturated carbocycles. The van der Waals surface area contributed by atoms with Gasteiger partial charge >= 0.3 is 6.03 Å². The van der Waals surface area contributed by atoms with Crippen LogP contribution < -0.4 is 10.2 Å². The van der Waals surface area contributed by atoms with Crippen LogP contribution in [0.25, 0.3) is 0 Å². The van der Waals surface area contributed by atoms with Crippen LogP contribution in [0.15, 0.2) is 30.6 Å². The molecule has 1 fully saturated rings. The predicted octanol–water partition coefficient (Wildman–Crippen LogP) is 1.55. The molecule has 1 aliphatic heterocycles. The molecular formula is C16H21FN6O. The van der Waals surface area contributed by atoms with Crippen molar-refractivity contribution in [2.75, 3.05) is 31.1 Å². The summed E-state index contributed by atoms with van der Waals surface area (Å²) in [5.74, 6) is 0.0126. The van der Waals surface area contributed by atoms with E-state index in [1.165, 1.54) is 6.07 Å². The lowest BCUT2D eigenvalue weighted by Gasteiger charge is -2.35. The molecule has 2 amide bonds. The maximum absolute atomic E-state index is 13.8. The number of hydrogen-bond donors (Lipinski definition) is 1. The third kappa shape index (κ3) is 3.47. The minimum Gasteiger partial charge on any atom is -0.351 e. The number of halogens is 1. The number of amides is 2. The Kier molecular flexibility index (Phi) is 4.64. The van der Waals surface area contributed by atoms with Crippen molar-refractivity contribution in [3.05, 3.63) is 42.1 Å². The van der Waals surface area contributed by atoms with Gasteiger partial charge in [0.1, 0.15) is 0 Å². The van der Waals surface area contributed by atoms with Crippen molar-refractivity contribution in [2.45, 2.75) is 13.0 Å². The monoisotopic (exact) mass is 332 g/mol. The van der Waals surface area contributed by atoms with Crippen molar-refractivity contribution in [1.82, 2.24) is 25.0 Å². The largest absolute Gasteiger partial charge is 0.351 e. The molecule has 0 bridgehead atoms. The normalized spacial score (nSPS) is 16.1. The van der Waals surface area contributed by atoms with E-state index in [4.69, 9.17) is 0 Å². The van der Waals surface area contributed by atoms with Crippen molar-refractivity contribution in [3.8, 4) is 0 Å². The van der Waals surface area contributed by atoms with E-state index in [1.807, 2.05) is 31.1 Å². The summed E-state index contributed by atoms with van der Waals surface area (Å²) in [6.07, 6.45) is 3.42. The molecule has 7 nitrogen and oxygen atoms in total. The third-order valence-electron chi connectivity index (χ3n) is 4.12. The summed E-state index contributed by atoms with van der Waals surface area (Å²) in [5, 5.41) is 7.24. The van der Waals surface area contributed by atoms with Gasteiger partial charge in [-0.25, -0.2) is 14.2 Å². The molecular weight excluding hydrogens is 311 g/mol. The fourth-order valence-corrected chi connectivity index (χ4v) is 2.75. The molecule has 0 aliphatic carbocycles. The van der Waals surface area contributed by atoms with E-state index in [-0.39, 0.29) is 17.9 Å². The Hall–Kier alpha value is -2.64. The number of anilines is 1. The number of carbonyl (C=O) groups is 1. The fraction of sp³-hybridized carbons (Fsp3) is 0.438. The highest BCUT2D eigenvalue weighted by atomic mass is 19.1. The Bertz CT molecular complexity index is 710. The first-order valence-electron chi connectivity index (χ1n) is 7.95. The average Bonchev–Trinajstić information content (AvgIpc) is 3.02. The summed E-state index contributed by atoms with van der Waals surface area (Å²) >= 11 is 0. The maximum Gasteiger partial charge on any atom is 0.318 e. The zero-order valence-electron chi connectivity index (χ0n) is 13.8.